The Bertz CT molecular complexity index is 1080. The molecule has 0 aliphatic rings. The number of carbonyl (C=O) groups excluding carboxylic acids is 1. The summed E-state index contributed by atoms with van der Waals surface area (Å²) in [5, 5.41) is 13.2. The highest BCUT2D eigenvalue weighted by Gasteiger charge is 2.24. The molecule has 0 aromatic rings. The van der Waals surface area contributed by atoms with E-state index in [1.165, 1.54) is 51.0 Å². The standard InChI is InChI=1S/C42H71NO5S/c1-3-5-7-9-11-13-15-17-18-19-20-21-22-23-24-26-28-30-32-34-36-38-42(45)43-40(39-49(46,47)48)41(44)37-35-33-31-29-27-25-16-14-12-10-8-6-4-2/h5,7,11,13,17-18,20-21,23-24,27,29,35,37,40-41,44H,3-4,6,8-10,12,14-16,19,22,25-26,28,30-34,36,38-39H2,1-2H3,(H,43,45)(H,46,47,48)/b7-5-,13-11-,18-17-,21-20-,24-23-,29-27+,37-35+. The van der Waals surface area contributed by atoms with Gasteiger partial charge in [-0.1, -0.05) is 157 Å². The Balaban J connectivity index is 4.06. The van der Waals surface area contributed by atoms with Gasteiger partial charge in [-0.15, -0.1) is 0 Å². The van der Waals surface area contributed by atoms with Gasteiger partial charge in [-0.05, 0) is 77.0 Å². The minimum Gasteiger partial charge on any atom is -0.387 e. The molecule has 0 aliphatic heterocycles. The first kappa shape index (κ1) is 46.5. The van der Waals surface area contributed by atoms with Crippen LogP contribution in [0.25, 0.3) is 0 Å². The molecule has 0 radical (unpaired) electrons. The molecule has 3 N–H and O–H groups in total. The maximum absolute atomic E-state index is 12.5. The van der Waals surface area contributed by atoms with Crippen LogP contribution in [-0.4, -0.2) is 41.9 Å². The van der Waals surface area contributed by atoms with E-state index in [0.29, 0.717) is 12.8 Å². The largest absolute Gasteiger partial charge is 0.387 e. The van der Waals surface area contributed by atoms with Crippen molar-refractivity contribution < 1.29 is 22.9 Å². The number of unbranched alkanes of at least 4 members (excludes halogenated alkanes) is 13. The summed E-state index contributed by atoms with van der Waals surface area (Å²) in [5.41, 5.74) is 0. The summed E-state index contributed by atoms with van der Waals surface area (Å²) in [7, 11) is -4.36. The Hall–Kier alpha value is -2.48. The monoisotopic (exact) mass is 702 g/mol. The molecule has 2 atom stereocenters. The highest BCUT2D eigenvalue weighted by Crippen LogP contribution is 2.11. The van der Waals surface area contributed by atoms with Crippen molar-refractivity contribution in [2.45, 2.75) is 167 Å². The summed E-state index contributed by atoms with van der Waals surface area (Å²) in [6.07, 6.45) is 51.3. The van der Waals surface area contributed by atoms with Crippen molar-refractivity contribution in [2.75, 3.05) is 5.75 Å². The number of aliphatic hydroxyl groups is 1. The number of aliphatic hydroxyl groups excluding tert-OH is 1. The van der Waals surface area contributed by atoms with E-state index in [4.69, 9.17) is 0 Å². The zero-order valence-corrected chi connectivity index (χ0v) is 31.8. The van der Waals surface area contributed by atoms with Crippen LogP contribution in [0.5, 0.6) is 0 Å². The Morgan fingerprint density at radius 2 is 1.00 bits per heavy atom. The fourth-order valence-electron chi connectivity index (χ4n) is 5.20. The van der Waals surface area contributed by atoms with E-state index < -0.39 is 28.0 Å². The van der Waals surface area contributed by atoms with Crippen molar-refractivity contribution in [3.63, 3.8) is 0 Å². The average Bonchev–Trinajstić information content (AvgIpc) is 3.06. The maximum Gasteiger partial charge on any atom is 0.267 e. The molecule has 0 heterocycles. The zero-order valence-electron chi connectivity index (χ0n) is 31.0. The van der Waals surface area contributed by atoms with Gasteiger partial charge in [-0.25, -0.2) is 0 Å². The summed E-state index contributed by atoms with van der Waals surface area (Å²) in [6, 6.07) is -1.09. The van der Waals surface area contributed by atoms with E-state index in [0.717, 1.165) is 77.0 Å². The lowest BCUT2D eigenvalue weighted by Gasteiger charge is -2.21. The van der Waals surface area contributed by atoms with Gasteiger partial charge in [-0.3, -0.25) is 9.35 Å². The van der Waals surface area contributed by atoms with Crippen LogP contribution in [0.4, 0.5) is 0 Å². The molecule has 6 nitrogen and oxygen atoms in total. The minimum atomic E-state index is -4.36. The lowest BCUT2D eigenvalue weighted by Crippen LogP contribution is -2.46. The van der Waals surface area contributed by atoms with Gasteiger partial charge in [0.15, 0.2) is 0 Å². The van der Waals surface area contributed by atoms with Crippen LogP contribution in [0, 0.1) is 0 Å². The molecule has 0 rings (SSSR count). The number of rotatable bonds is 33. The highest BCUT2D eigenvalue weighted by atomic mass is 32.2. The molecule has 0 fully saturated rings. The second-order valence-corrected chi connectivity index (χ2v) is 14.3. The zero-order chi connectivity index (χ0) is 36.1. The van der Waals surface area contributed by atoms with Crippen LogP contribution in [0.1, 0.15) is 155 Å². The average molecular weight is 702 g/mol. The third-order valence-electron chi connectivity index (χ3n) is 8.06. The van der Waals surface area contributed by atoms with Gasteiger partial charge in [0.1, 0.15) is 0 Å². The van der Waals surface area contributed by atoms with E-state index in [1.54, 1.807) is 6.08 Å². The van der Waals surface area contributed by atoms with Gasteiger partial charge >= 0.3 is 0 Å². The first-order valence-electron chi connectivity index (χ1n) is 19.3. The van der Waals surface area contributed by atoms with Crippen LogP contribution >= 0.6 is 0 Å². The van der Waals surface area contributed by atoms with Gasteiger partial charge in [-0.2, -0.15) is 8.42 Å². The van der Waals surface area contributed by atoms with E-state index in [9.17, 15) is 22.9 Å². The van der Waals surface area contributed by atoms with Crippen molar-refractivity contribution in [3.05, 3.63) is 85.1 Å². The number of amides is 1. The van der Waals surface area contributed by atoms with Crippen molar-refractivity contribution >= 4 is 16.0 Å². The third-order valence-corrected chi connectivity index (χ3v) is 8.84. The lowest BCUT2D eigenvalue weighted by atomic mass is 10.1. The summed E-state index contributed by atoms with van der Waals surface area (Å²) in [6.45, 7) is 4.38. The molecule has 49 heavy (non-hydrogen) atoms. The number of nitrogens with one attached hydrogen (secondary N) is 1. The predicted molar refractivity (Wildman–Crippen MR) is 211 cm³/mol. The Morgan fingerprint density at radius 1 is 0.571 bits per heavy atom. The summed E-state index contributed by atoms with van der Waals surface area (Å²) in [4.78, 5) is 12.5. The fraction of sp³-hybridized carbons (Fsp3) is 0.643. The Kier molecular flexibility index (Phi) is 33.6. The van der Waals surface area contributed by atoms with E-state index in [-0.39, 0.29) is 12.3 Å². The van der Waals surface area contributed by atoms with Gasteiger partial charge in [0.25, 0.3) is 10.1 Å². The van der Waals surface area contributed by atoms with Gasteiger partial charge in [0.05, 0.1) is 17.9 Å². The number of allylic oxidation sites excluding steroid dienone is 13. The van der Waals surface area contributed by atoms with E-state index in [2.05, 4.69) is 92.1 Å². The summed E-state index contributed by atoms with van der Waals surface area (Å²) < 4.78 is 32.4. The number of carbonyl (C=O) groups is 1. The summed E-state index contributed by atoms with van der Waals surface area (Å²) >= 11 is 0. The molecule has 280 valence electrons. The maximum atomic E-state index is 12.5. The molecular formula is C42H71NO5S. The molecule has 0 aromatic carbocycles. The summed E-state index contributed by atoms with van der Waals surface area (Å²) in [5.74, 6) is -1.04. The molecule has 0 spiro atoms. The first-order valence-corrected chi connectivity index (χ1v) is 20.9. The van der Waals surface area contributed by atoms with Crippen LogP contribution in [0.2, 0.25) is 0 Å². The second-order valence-electron chi connectivity index (χ2n) is 12.8. The topological polar surface area (TPSA) is 104 Å². The number of hydrogen-bond donors (Lipinski definition) is 3. The SMILES string of the molecule is CC/C=C\C/C=C\C/C=C\C/C=C\C/C=C\CCCCCCCC(=O)NC(CS(=O)(=O)O)C(O)/C=C/CC/C=C/CCCCCCCCC. The van der Waals surface area contributed by atoms with Gasteiger partial charge < -0.3 is 10.4 Å². The second kappa shape index (κ2) is 35.3. The molecule has 0 bridgehead atoms. The van der Waals surface area contributed by atoms with Gasteiger partial charge in [0, 0.05) is 6.42 Å². The molecule has 2 unspecified atom stereocenters. The van der Waals surface area contributed by atoms with Crippen LogP contribution < -0.4 is 5.32 Å². The predicted octanol–water partition coefficient (Wildman–Crippen LogP) is 11.2. The smallest absolute Gasteiger partial charge is 0.267 e. The molecule has 7 heteroatoms. The van der Waals surface area contributed by atoms with Crippen LogP contribution in [0.15, 0.2) is 85.1 Å². The molecule has 1 amide bonds. The molecule has 0 aliphatic carbocycles. The minimum absolute atomic E-state index is 0.261. The third kappa shape index (κ3) is 36.6. The quantitative estimate of drug-likeness (QED) is 0.0359. The van der Waals surface area contributed by atoms with Crippen molar-refractivity contribution in [3.8, 4) is 0 Å². The van der Waals surface area contributed by atoms with Crippen LogP contribution in [0.3, 0.4) is 0 Å². The van der Waals surface area contributed by atoms with Gasteiger partial charge in [0.2, 0.25) is 5.91 Å². The molecule has 0 saturated carbocycles. The highest BCUT2D eigenvalue weighted by molar-refractivity contribution is 7.85. The number of hydrogen-bond acceptors (Lipinski definition) is 4. The van der Waals surface area contributed by atoms with Crippen molar-refractivity contribution in [1.29, 1.82) is 0 Å². The van der Waals surface area contributed by atoms with E-state index in [1.807, 2.05) is 0 Å². The fourth-order valence-corrected chi connectivity index (χ4v) is 5.93. The van der Waals surface area contributed by atoms with Crippen molar-refractivity contribution in [2.24, 2.45) is 0 Å². The van der Waals surface area contributed by atoms with Crippen LogP contribution in [-0.2, 0) is 14.9 Å². The molecule has 0 aromatic heterocycles. The van der Waals surface area contributed by atoms with Crippen molar-refractivity contribution in [1.82, 2.24) is 5.32 Å². The molecular weight excluding hydrogens is 631 g/mol. The Labute approximate surface area is 301 Å². The first-order chi connectivity index (χ1) is 23.8. The molecule has 0 saturated heterocycles. The Morgan fingerprint density at radius 3 is 1.53 bits per heavy atom. The lowest BCUT2D eigenvalue weighted by molar-refractivity contribution is -0.122. The normalized spacial score (nSPS) is 14.3. The van der Waals surface area contributed by atoms with E-state index >= 15 is 0 Å².